The zero-order valence-corrected chi connectivity index (χ0v) is 13.0. The highest BCUT2D eigenvalue weighted by atomic mass is 32.2. The molecule has 0 amide bonds. The first-order valence-corrected chi connectivity index (χ1v) is 7.75. The summed E-state index contributed by atoms with van der Waals surface area (Å²) in [6.07, 6.45) is -0.923. The van der Waals surface area contributed by atoms with E-state index in [2.05, 4.69) is 14.7 Å². The van der Waals surface area contributed by atoms with E-state index in [0.717, 1.165) is 10.6 Å². The van der Waals surface area contributed by atoms with Gasteiger partial charge < -0.3 is 4.74 Å². The van der Waals surface area contributed by atoms with E-state index >= 15 is 0 Å². The minimum absolute atomic E-state index is 0.00491. The van der Waals surface area contributed by atoms with Crippen LogP contribution in [0, 0.1) is 0 Å². The molecule has 0 saturated heterocycles. The average molecular weight is 346 g/mol. The number of rotatable bonds is 7. The van der Waals surface area contributed by atoms with Crippen LogP contribution < -0.4 is 4.74 Å². The number of pyridine rings is 2. The van der Waals surface area contributed by atoms with Crippen LogP contribution in [0.15, 0.2) is 41.6 Å². The largest absolute Gasteiger partial charge is 0.485 e. The van der Waals surface area contributed by atoms with E-state index in [1.807, 2.05) is 19.1 Å². The number of alkyl halides is 4. The molecule has 0 N–H and O–H groups in total. The van der Waals surface area contributed by atoms with Gasteiger partial charge in [-0.1, -0.05) is 6.92 Å². The molecule has 0 aliphatic carbocycles. The SMILES string of the molecule is CCSc1cccnc1-c1ccc(OCC(F)(F)C(F)F)cn1. The quantitative estimate of drug-likeness (QED) is 0.545. The van der Waals surface area contributed by atoms with Crippen molar-refractivity contribution in [2.75, 3.05) is 12.4 Å². The van der Waals surface area contributed by atoms with Gasteiger partial charge >= 0.3 is 12.3 Å². The van der Waals surface area contributed by atoms with Gasteiger partial charge in [-0.05, 0) is 30.0 Å². The summed E-state index contributed by atoms with van der Waals surface area (Å²) in [5.41, 5.74) is 1.22. The number of ether oxygens (including phenoxy) is 1. The highest BCUT2D eigenvalue weighted by molar-refractivity contribution is 7.99. The molecule has 0 radical (unpaired) electrons. The molecule has 8 heteroatoms. The van der Waals surface area contributed by atoms with Crippen LogP contribution in [-0.2, 0) is 0 Å². The van der Waals surface area contributed by atoms with Crippen LogP contribution in [0.1, 0.15) is 6.92 Å². The predicted octanol–water partition coefficient (Wildman–Crippen LogP) is 4.53. The van der Waals surface area contributed by atoms with Crippen molar-refractivity contribution in [3.63, 3.8) is 0 Å². The Morgan fingerprint density at radius 1 is 1.22 bits per heavy atom. The van der Waals surface area contributed by atoms with Crippen molar-refractivity contribution >= 4 is 11.8 Å². The van der Waals surface area contributed by atoms with E-state index in [0.29, 0.717) is 11.4 Å². The van der Waals surface area contributed by atoms with Crippen LogP contribution in [0.2, 0.25) is 0 Å². The third kappa shape index (κ3) is 4.57. The Morgan fingerprint density at radius 2 is 2.00 bits per heavy atom. The number of thioether (sulfide) groups is 1. The fraction of sp³-hybridized carbons (Fsp3) is 0.333. The fourth-order valence-corrected chi connectivity index (χ4v) is 2.48. The molecule has 23 heavy (non-hydrogen) atoms. The molecule has 2 heterocycles. The van der Waals surface area contributed by atoms with Crippen LogP contribution in [0.25, 0.3) is 11.4 Å². The Hall–Kier alpha value is -1.83. The average Bonchev–Trinajstić information content (AvgIpc) is 2.54. The van der Waals surface area contributed by atoms with Gasteiger partial charge in [0.25, 0.3) is 0 Å². The number of halogens is 4. The molecule has 0 aromatic carbocycles. The summed E-state index contributed by atoms with van der Waals surface area (Å²) < 4.78 is 54.4. The lowest BCUT2D eigenvalue weighted by Crippen LogP contribution is -2.33. The fourth-order valence-electron chi connectivity index (χ4n) is 1.70. The molecule has 2 aromatic rings. The monoisotopic (exact) mass is 346 g/mol. The Bertz CT molecular complexity index is 638. The Kier molecular flexibility index (Phi) is 5.81. The van der Waals surface area contributed by atoms with Gasteiger partial charge in [0.1, 0.15) is 11.4 Å². The highest BCUT2D eigenvalue weighted by Crippen LogP contribution is 2.29. The Balaban J connectivity index is 2.11. The van der Waals surface area contributed by atoms with Crippen molar-refractivity contribution in [1.82, 2.24) is 9.97 Å². The lowest BCUT2D eigenvalue weighted by Gasteiger charge is -2.15. The van der Waals surface area contributed by atoms with Crippen molar-refractivity contribution in [3.8, 4) is 17.1 Å². The minimum atomic E-state index is -4.19. The maximum Gasteiger partial charge on any atom is 0.340 e. The van der Waals surface area contributed by atoms with Crippen molar-refractivity contribution in [3.05, 3.63) is 36.7 Å². The second-order valence-electron chi connectivity index (χ2n) is 4.51. The zero-order valence-electron chi connectivity index (χ0n) is 12.2. The first-order valence-electron chi connectivity index (χ1n) is 6.77. The molecule has 0 spiro atoms. The molecule has 124 valence electrons. The molecule has 0 aliphatic heterocycles. The van der Waals surface area contributed by atoms with E-state index < -0.39 is 19.0 Å². The van der Waals surface area contributed by atoms with Crippen molar-refractivity contribution < 1.29 is 22.3 Å². The third-order valence-corrected chi connectivity index (χ3v) is 3.73. The lowest BCUT2D eigenvalue weighted by molar-refractivity contribution is -0.148. The summed E-state index contributed by atoms with van der Waals surface area (Å²) in [4.78, 5) is 9.31. The maximum absolute atomic E-state index is 12.8. The molecule has 0 unspecified atom stereocenters. The van der Waals surface area contributed by atoms with Crippen LogP contribution in [0.3, 0.4) is 0 Å². The maximum atomic E-state index is 12.8. The first-order chi connectivity index (χ1) is 10.9. The molecule has 0 atom stereocenters. The summed E-state index contributed by atoms with van der Waals surface area (Å²) in [5.74, 6) is -3.33. The summed E-state index contributed by atoms with van der Waals surface area (Å²) in [6, 6.07) is 6.67. The zero-order chi connectivity index (χ0) is 16.9. The highest BCUT2D eigenvalue weighted by Gasteiger charge is 2.41. The summed E-state index contributed by atoms with van der Waals surface area (Å²) in [5, 5.41) is 0. The first kappa shape index (κ1) is 17.5. The molecule has 0 bridgehead atoms. The molecule has 2 aromatic heterocycles. The van der Waals surface area contributed by atoms with Gasteiger partial charge in [0.15, 0.2) is 6.61 Å². The van der Waals surface area contributed by atoms with Gasteiger partial charge in [-0.25, -0.2) is 8.78 Å². The van der Waals surface area contributed by atoms with Crippen LogP contribution >= 0.6 is 11.8 Å². The molecular formula is C15H14F4N2OS. The van der Waals surface area contributed by atoms with Crippen molar-refractivity contribution in [2.24, 2.45) is 0 Å². The lowest BCUT2D eigenvalue weighted by atomic mass is 10.2. The Morgan fingerprint density at radius 3 is 2.61 bits per heavy atom. The molecule has 0 fully saturated rings. The second-order valence-corrected chi connectivity index (χ2v) is 5.82. The van der Waals surface area contributed by atoms with E-state index in [1.54, 1.807) is 24.0 Å². The topological polar surface area (TPSA) is 35.0 Å². The van der Waals surface area contributed by atoms with Crippen LogP contribution in [0.5, 0.6) is 5.75 Å². The van der Waals surface area contributed by atoms with E-state index in [-0.39, 0.29) is 5.75 Å². The van der Waals surface area contributed by atoms with Crippen LogP contribution in [0.4, 0.5) is 17.6 Å². The summed E-state index contributed by atoms with van der Waals surface area (Å²) in [7, 11) is 0. The van der Waals surface area contributed by atoms with E-state index in [9.17, 15) is 17.6 Å². The second kappa shape index (κ2) is 7.63. The van der Waals surface area contributed by atoms with Crippen molar-refractivity contribution in [1.29, 1.82) is 0 Å². The van der Waals surface area contributed by atoms with Gasteiger partial charge in [-0.15, -0.1) is 11.8 Å². The molecule has 3 nitrogen and oxygen atoms in total. The number of aromatic nitrogens is 2. The number of hydrogen-bond donors (Lipinski definition) is 0. The van der Waals surface area contributed by atoms with E-state index in [4.69, 9.17) is 0 Å². The van der Waals surface area contributed by atoms with Gasteiger partial charge in [-0.3, -0.25) is 9.97 Å². The summed E-state index contributed by atoms with van der Waals surface area (Å²) in [6.45, 7) is 0.612. The van der Waals surface area contributed by atoms with Gasteiger partial charge in [-0.2, -0.15) is 8.78 Å². The molecule has 0 saturated carbocycles. The predicted molar refractivity (Wildman–Crippen MR) is 80.3 cm³/mol. The smallest absolute Gasteiger partial charge is 0.340 e. The van der Waals surface area contributed by atoms with Gasteiger partial charge in [0, 0.05) is 11.1 Å². The van der Waals surface area contributed by atoms with Gasteiger partial charge in [0.05, 0.1) is 11.9 Å². The third-order valence-electron chi connectivity index (χ3n) is 2.80. The van der Waals surface area contributed by atoms with Crippen molar-refractivity contribution in [2.45, 2.75) is 24.2 Å². The minimum Gasteiger partial charge on any atom is -0.485 e. The normalized spacial score (nSPS) is 11.7. The number of hydrogen-bond acceptors (Lipinski definition) is 4. The van der Waals surface area contributed by atoms with Crippen LogP contribution in [-0.4, -0.2) is 34.7 Å². The molecular weight excluding hydrogens is 332 g/mol. The molecule has 0 aliphatic rings. The molecule has 2 rings (SSSR count). The number of nitrogens with zero attached hydrogens (tertiary/aromatic N) is 2. The van der Waals surface area contributed by atoms with Gasteiger partial charge in [0.2, 0.25) is 0 Å². The standard InChI is InChI=1S/C15H14F4N2OS/c1-2-23-12-4-3-7-20-13(12)11-6-5-10(8-21-11)22-9-15(18,19)14(16)17/h3-8,14H,2,9H2,1H3. The van der Waals surface area contributed by atoms with E-state index in [1.165, 1.54) is 12.3 Å². The Labute approximate surface area is 135 Å². The summed E-state index contributed by atoms with van der Waals surface area (Å²) >= 11 is 1.60.